The van der Waals surface area contributed by atoms with Crippen LogP contribution >= 0.6 is 0 Å². The minimum Gasteiger partial charge on any atom is -0.476 e. The Kier molecular flexibility index (Phi) is 4.72. The summed E-state index contributed by atoms with van der Waals surface area (Å²) in [4.78, 5) is 26.5. The zero-order valence-corrected chi connectivity index (χ0v) is 17.4. The van der Waals surface area contributed by atoms with Crippen molar-refractivity contribution in [2.45, 2.75) is 49.5 Å². The number of carboxylic acid groups (broad SMARTS) is 1. The van der Waals surface area contributed by atoms with Crippen molar-refractivity contribution >= 4 is 22.9 Å². The molecule has 1 fully saturated rings. The molecule has 1 aromatic heterocycles. The van der Waals surface area contributed by atoms with Gasteiger partial charge in [0.25, 0.3) is 0 Å². The molecule has 0 spiro atoms. The van der Waals surface area contributed by atoms with Gasteiger partial charge in [-0.05, 0) is 33.3 Å². The van der Waals surface area contributed by atoms with Gasteiger partial charge in [-0.3, -0.25) is 8.89 Å². The number of carbonyl (C=O) groups is 2. The van der Waals surface area contributed by atoms with Gasteiger partial charge in [-0.25, -0.2) is 9.59 Å². The lowest BCUT2D eigenvalue weighted by molar-refractivity contribution is 0.0288. The van der Waals surface area contributed by atoms with Crippen molar-refractivity contribution in [3.05, 3.63) is 35.5 Å². The SMILES string of the molecule is CC(C)(C)OC(=O)N1CCC(n2nc(C(=O)O)c3c2-c2ccccc2S(=O)C3)C1. The first-order chi connectivity index (χ1) is 13.7. The molecule has 1 saturated heterocycles. The number of carboxylic acids is 1. The number of hydrogen-bond donors (Lipinski definition) is 1. The van der Waals surface area contributed by atoms with Crippen molar-refractivity contribution in [2.24, 2.45) is 0 Å². The smallest absolute Gasteiger partial charge is 0.410 e. The van der Waals surface area contributed by atoms with Crippen LogP contribution in [0.2, 0.25) is 0 Å². The van der Waals surface area contributed by atoms with Crippen LogP contribution in [0.3, 0.4) is 0 Å². The van der Waals surface area contributed by atoms with E-state index >= 15 is 0 Å². The fourth-order valence-corrected chi connectivity index (χ4v) is 5.16. The van der Waals surface area contributed by atoms with Gasteiger partial charge in [0.1, 0.15) is 5.60 Å². The van der Waals surface area contributed by atoms with E-state index in [1.807, 2.05) is 39.0 Å². The van der Waals surface area contributed by atoms with Crippen molar-refractivity contribution in [3.8, 4) is 11.3 Å². The summed E-state index contributed by atoms with van der Waals surface area (Å²) in [7, 11) is -1.32. The van der Waals surface area contributed by atoms with Gasteiger partial charge in [0, 0.05) is 29.1 Å². The first-order valence-electron chi connectivity index (χ1n) is 9.46. The molecule has 8 nitrogen and oxygen atoms in total. The van der Waals surface area contributed by atoms with E-state index < -0.39 is 22.4 Å². The van der Waals surface area contributed by atoms with Crippen LogP contribution in [0, 0.1) is 0 Å². The molecule has 9 heteroatoms. The van der Waals surface area contributed by atoms with Gasteiger partial charge in [0.05, 0.1) is 28.3 Å². The highest BCUT2D eigenvalue weighted by Gasteiger charge is 2.37. The summed E-state index contributed by atoms with van der Waals surface area (Å²) in [5.41, 5.74) is 1.26. The molecule has 2 aliphatic heterocycles. The number of aromatic nitrogens is 2. The zero-order valence-electron chi connectivity index (χ0n) is 16.5. The minimum absolute atomic E-state index is 0.0708. The maximum absolute atomic E-state index is 12.6. The molecule has 1 N–H and O–H groups in total. The molecular formula is C20H23N3O5S. The Labute approximate surface area is 170 Å². The molecule has 0 bridgehead atoms. The molecule has 1 amide bonds. The molecule has 1 aromatic carbocycles. The molecule has 154 valence electrons. The van der Waals surface area contributed by atoms with E-state index in [-0.39, 0.29) is 23.6 Å². The van der Waals surface area contributed by atoms with Gasteiger partial charge >= 0.3 is 12.1 Å². The largest absolute Gasteiger partial charge is 0.476 e. The number of benzene rings is 1. The second-order valence-electron chi connectivity index (χ2n) is 8.28. The van der Waals surface area contributed by atoms with Crippen LogP contribution in [0.1, 0.15) is 49.3 Å². The highest BCUT2D eigenvalue weighted by molar-refractivity contribution is 7.84. The van der Waals surface area contributed by atoms with E-state index in [9.17, 15) is 18.9 Å². The monoisotopic (exact) mass is 417 g/mol. The summed E-state index contributed by atoms with van der Waals surface area (Å²) in [5.74, 6) is -1.02. The van der Waals surface area contributed by atoms with Gasteiger partial charge < -0.3 is 14.7 Å². The van der Waals surface area contributed by atoms with Gasteiger partial charge in [-0.15, -0.1) is 0 Å². The number of nitrogens with zero attached hydrogens (tertiary/aromatic N) is 3. The standard InChI is InChI=1S/C20H23N3O5S/c1-20(2,3)28-19(26)22-9-8-12(10-22)23-17-13-6-4-5-7-15(13)29(27)11-14(17)16(21-23)18(24)25/h4-7,12H,8-11H2,1-3H3,(H,24,25). The molecule has 2 aliphatic rings. The van der Waals surface area contributed by atoms with Crippen LogP contribution in [0.4, 0.5) is 4.79 Å². The number of rotatable bonds is 2. The van der Waals surface area contributed by atoms with Crippen molar-refractivity contribution in [1.29, 1.82) is 0 Å². The van der Waals surface area contributed by atoms with Crippen LogP contribution in [0.5, 0.6) is 0 Å². The number of carbonyl (C=O) groups excluding carboxylic acids is 1. The summed E-state index contributed by atoms with van der Waals surface area (Å²) >= 11 is 0. The maximum atomic E-state index is 12.6. The zero-order chi connectivity index (χ0) is 20.9. The van der Waals surface area contributed by atoms with Crippen LogP contribution < -0.4 is 0 Å². The lowest BCUT2D eigenvalue weighted by Gasteiger charge is -2.25. The molecule has 4 rings (SSSR count). The van der Waals surface area contributed by atoms with Crippen molar-refractivity contribution in [1.82, 2.24) is 14.7 Å². The van der Waals surface area contributed by atoms with Crippen LogP contribution in [-0.4, -0.2) is 54.7 Å². The van der Waals surface area contributed by atoms with E-state index in [0.717, 1.165) is 5.56 Å². The molecule has 2 unspecified atom stereocenters. The van der Waals surface area contributed by atoms with E-state index in [1.54, 1.807) is 15.6 Å². The summed E-state index contributed by atoms with van der Waals surface area (Å²) in [6.07, 6.45) is 0.249. The molecule has 3 heterocycles. The third kappa shape index (κ3) is 3.55. The molecule has 29 heavy (non-hydrogen) atoms. The first-order valence-corrected chi connectivity index (χ1v) is 10.8. The summed E-state index contributed by atoms with van der Waals surface area (Å²) < 4.78 is 19.8. The average Bonchev–Trinajstić information content (AvgIpc) is 3.25. The number of ether oxygens (including phenoxy) is 1. The quantitative estimate of drug-likeness (QED) is 0.806. The molecule has 2 atom stereocenters. The lowest BCUT2D eigenvalue weighted by atomic mass is 10.1. The Morgan fingerprint density at radius 2 is 2.00 bits per heavy atom. The third-order valence-electron chi connectivity index (χ3n) is 5.03. The average molecular weight is 417 g/mol. The normalized spacial score (nSPS) is 20.9. The predicted octanol–water partition coefficient (Wildman–Crippen LogP) is 3.05. The van der Waals surface area contributed by atoms with Crippen molar-refractivity contribution < 1.29 is 23.6 Å². The second-order valence-corrected chi connectivity index (χ2v) is 9.70. The van der Waals surface area contributed by atoms with E-state index in [2.05, 4.69) is 5.10 Å². The second kappa shape index (κ2) is 6.98. The fraction of sp³-hybridized carbons (Fsp3) is 0.450. The Balaban J connectivity index is 1.72. The number of hydrogen-bond acceptors (Lipinski definition) is 5. The van der Waals surface area contributed by atoms with Crippen LogP contribution in [0.25, 0.3) is 11.3 Å². The van der Waals surface area contributed by atoms with Gasteiger partial charge in [0.15, 0.2) is 5.69 Å². The van der Waals surface area contributed by atoms with Crippen LogP contribution in [-0.2, 0) is 21.3 Å². The highest BCUT2D eigenvalue weighted by Crippen LogP contribution is 2.40. The Morgan fingerprint density at radius 3 is 2.69 bits per heavy atom. The number of fused-ring (bicyclic) bond motifs is 3. The van der Waals surface area contributed by atoms with E-state index in [1.165, 1.54) is 0 Å². The fourth-order valence-electron chi connectivity index (χ4n) is 3.83. The Hall–Kier alpha value is -2.68. The van der Waals surface area contributed by atoms with Crippen molar-refractivity contribution in [3.63, 3.8) is 0 Å². The first kappa shape index (κ1) is 19.6. The molecular weight excluding hydrogens is 394 g/mol. The third-order valence-corrected chi connectivity index (χ3v) is 6.43. The number of aromatic carboxylic acids is 1. The van der Waals surface area contributed by atoms with Crippen LogP contribution in [0.15, 0.2) is 29.2 Å². The van der Waals surface area contributed by atoms with E-state index in [0.29, 0.717) is 35.7 Å². The topological polar surface area (TPSA) is 102 Å². The minimum atomic E-state index is -1.32. The number of likely N-dealkylation sites (tertiary alicyclic amines) is 1. The van der Waals surface area contributed by atoms with Gasteiger partial charge in [-0.1, -0.05) is 18.2 Å². The Morgan fingerprint density at radius 1 is 1.28 bits per heavy atom. The molecule has 0 saturated carbocycles. The van der Waals surface area contributed by atoms with Gasteiger partial charge in [-0.2, -0.15) is 5.10 Å². The van der Waals surface area contributed by atoms with Crippen molar-refractivity contribution in [2.75, 3.05) is 13.1 Å². The summed E-state index contributed by atoms with van der Waals surface area (Å²) in [6.45, 7) is 6.34. The molecule has 2 aromatic rings. The predicted molar refractivity (Wildman–Crippen MR) is 106 cm³/mol. The lowest BCUT2D eigenvalue weighted by Crippen LogP contribution is -2.35. The molecule has 0 radical (unpaired) electrons. The van der Waals surface area contributed by atoms with E-state index in [4.69, 9.17) is 4.74 Å². The Bertz CT molecular complexity index is 1020. The molecule has 0 aliphatic carbocycles. The number of amides is 1. The highest BCUT2D eigenvalue weighted by atomic mass is 32.2. The summed E-state index contributed by atoms with van der Waals surface area (Å²) in [6, 6.07) is 7.12. The summed E-state index contributed by atoms with van der Waals surface area (Å²) in [5, 5.41) is 14.0. The van der Waals surface area contributed by atoms with Gasteiger partial charge in [0.2, 0.25) is 0 Å². The maximum Gasteiger partial charge on any atom is 0.410 e.